The SMILES string of the molecule is O=C(NCc1nc(-c2ccncc2)cs1)C1CCCN(C(=O)Nc2ccccc2)C1. The summed E-state index contributed by atoms with van der Waals surface area (Å²) in [6.45, 7) is 1.47. The fourth-order valence-corrected chi connectivity index (χ4v) is 4.20. The van der Waals surface area contributed by atoms with Gasteiger partial charge in [-0.2, -0.15) is 0 Å². The van der Waals surface area contributed by atoms with E-state index in [0.717, 1.165) is 34.8 Å². The Balaban J connectivity index is 1.29. The Hall–Kier alpha value is -3.26. The minimum absolute atomic E-state index is 0.0344. The van der Waals surface area contributed by atoms with Gasteiger partial charge < -0.3 is 15.5 Å². The van der Waals surface area contributed by atoms with Crippen LogP contribution >= 0.6 is 11.3 Å². The zero-order valence-electron chi connectivity index (χ0n) is 16.5. The van der Waals surface area contributed by atoms with Gasteiger partial charge in [-0.25, -0.2) is 9.78 Å². The van der Waals surface area contributed by atoms with E-state index in [1.165, 1.54) is 11.3 Å². The van der Waals surface area contributed by atoms with Crippen LogP contribution in [0.15, 0.2) is 60.2 Å². The van der Waals surface area contributed by atoms with Crippen molar-refractivity contribution in [1.29, 1.82) is 0 Å². The van der Waals surface area contributed by atoms with Gasteiger partial charge in [-0.3, -0.25) is 9.78 Å². The lowest BCUT2D eigenvalue weighted by atomic mass is 9.97. The third-order valence-corrected chi connectivity index (χ3v) is 5.89. The van der Waals surface area contributed by atoms with Gasteiger partial charge in [0.05, 0.1) is 18.2 Å². The van der Waals surface area contributed by atoms with Gasteiger partial charge in [0.2, 0.25) is 5.91 Å². The van der Waals surface area contributed by atoms with Crippen molar-refractivity contribution in [3.8, 4) is 11.3 Å². The number of carbonyl (C=O) groups is 2. The number of benzene rings is 1. The number of likely N-dealkylation sites (tertiary alicyclic amines) is 1. The summed E-state index contributed by atoms with van der Waals surface area (Å²) in [4.78, 5) is 35.5. The van der Waals surface area contributed by atoms with Gasteiger partial charge >= 0.3 is 6.03 Å². The number of nitrogens with zero attached hydrogens (tertiary/aromatic N) is 3. The monoisotopic (exact) mass is 421 g/mol. The summed E-state index contributed by atoms with van der Waals surface area (Å²) in [6, 6.07) is 13.0. The normalized spacial score (nSPS) is 16.1. The van der Waals surface area contributed by atoms with Crippen LogP contribution in [-0.4, -0.2) is 39.9 Å². The average Bonchev–Trinajstić information content (AvgIpc) is 3.28. The number of urea groups is 1. The van der Waals surface area contributed by atoms with Gasteiger partial charge in [0, 0.05) is 42.1 Å². The summed E-state index contributed by atoms with van der Waals surface area (Å²) in [6.07, 6.45) is 5.06. The minimum atomic E-state index is -0.208. The molecule has 0 radical (unpaired) electrons. The predicted molar refractivity (Wildman–Crippen MR) is 117 cm³/mol. The van der Waals surface area contributed by atoms with E-state index < -0.39 is 0 Å². The number of carbonyl (C=O) groups excluding carboxylic acids is 2. The van der Waals surface area contributed by atoms with Gasteiger partial charge in [0.15, 0.2) is 0 Å². The maximum absolute atomic E-state index is 12.7. The molecule has 2 N–H and O–H groups in total. The second-order valence-corrected chi connectivity index (χ2v) is 8.10. The Morgan fingerprint density at radius 1 is 1.13 bits per heavy atom. The maximum atomic E-state index is 12.7. The standard InChI is InChI=1S/C22H23N5O2S/c28-21(24-13-20-26-19(15-30-20)16-8-10-23-11-9-16)17-5-4-12-27(14-17)22(29)25-18-6-2-1-3-7-18/h1-3,6-11,15,17H,4-5,12-14H2,(H,24,28)(H,25,29). The van der Waals surface area contributed by atoms with E-state index in [-0.39, 0.29) is 17.9 Å². The summed E-state index contributed by atoms with van der Waals surface area (Å²) in [5.41, 5.74) is 2.64. The lowest BCUT2D eigenvalue weighted by Crippen LogP contribution is -2.46. The first-order valence-corrected chi connectivity index (χ1v) is 10.8. The summed E-state index contributed by atoms with van der Waals surface area (Å²) in [7, 11) is 0. The first kappa shape index (κ1) is 20.0. The van der Waals surface area contributed by atoms with Gasteiger partial charge in [0.25, 0.3) is 0 Å². The number of para-hydroxylation sites is 1. The first-order chi connectivity index (χ1) is 14.7. The minimum Gasteiger partial charge on any atom is -0.349 e. The highest BCUT2D eigenvalue weighted by Crippen LogP contribution is 2.22. The first-order valence-electron chi connectivity index (χ1n) is 9.92. The van der Waals surface area contributed by atoms with Crippen molar-refractivity contribution in [1.82, 2.24) is 20.2 Å². The quantitative estimate of drug-likeness (QED) is 0.657. The van der Waals surface area contributed by atoms with Crippen molar-refractivity contribution in [2.24, 2.45) is 5.92 Å². The Labute approximate surface area is 179 Å². The lowest BCUT2D eigenvalue weighted by molar-refractivity contribution is -0.126. The van der Waals surface area contributed by atoms with Crippen LogP contribution in [0.25, 0.3) is 11.3 Å². The molecule has 1 aromatic carbocycles. The summed E-state index contributed by atoms with van der Waals surface area (Å²) < 4.78 is 0. The molecular formula is C22H23N5O2S. The number of anilines is 1. The van der Waals surface area contributed by atoms with Crippen LogP contribution in [0.3, 0.4) is 0 Å². The number of aromatic nitrogens is 2. The Morgan fingerprint density at radius 2 is 1.93 bits per heavy atom. The zero-order chi connectivity index (χ0) is 20.8. The fraction of sp³-hybridized carbons (Fsp3) is 0.273. The molecule has 30 heavy (non-hydrogen) atoms. The third-order valence-electron chi connectivity index (χ3n) is 5.05. The molecule has 8 heteroatoms. The molecule has 4 rings (SSSR count). The van der Waals surface area contributed by atoms with Gasteiger partial charge in [-0.05, 0) is 37.1 Å². The molecule has 2 aromatic heterocycles. The molecular weight excluding hydrogens is 398 g/mol. The van der Waals surface area contributed by atoms with Crippen molar-refractivity contribution in [3.05, 3.63) is 65.2 Å². The van der Waals surface area contributed by atoms with E-state index in [9.17, 15) is 9.59 Å². The van der Waals surface area contributed by atoms with Crippen LogP contribution in [0, 0.1) is 5.92 Å². The van der Waals surface area contributed by atoms with Crippen molar-refractivity contribution in [2.75, 3.05) is 18.4 Å². The van der Waals surface area contributed by atoms with Gasteiger partial charge in [-0.15, -0.1) is 11.3 Å². The highest BCUT2D eigenvalue weighted by molar-refractivity contribution is 7.09. The molecule has 1 fully saturated rings. The topological polar surface area (TPSA) is 87.2 Å². The van der Waals surface area contributed by atoms with Crippen molar-refractivity contribution >= 4 is 29.0 Å². The summed E-state index contributed by atoms with van der Waals surface area (Å²) >= 11 is 1.52. The molecule has 0 aliphatic carbocycles. The lowest BCUT2D eigenvalue weighted by Gasteiger charge is -2.32. The van der Waals surface area contributed by atoms with Crippen molar-refractivity contribution in [3.63, 3.8) is 0 Å². The summed E-state index contributed by atoms with van der Waals surface area (Å²) in [5.74, 6) is -0.243. The van der Waals surface area contributed by atoms with E-state index in [1.54, 1.807) is 17.3 Å². The maximum Gasteiger partial charge on any atom is 0.321 e. The second-order valence-electron chi connectivity index (χ2n) is 7.16. The van der Waals surface area contributed by atoms with E-state index in [0.29, 0.717) is 19.6 Å². The van der Waals surface area contributed by atoms with Gasteiger partial charge in [0.1, 0.15) is 5.01 Å². The highest BCUT2D eigenvalue weighted by atomic mass is 32.1. The van der Waals surface area contributed by atoms with Crippen LogP contribution in [0.2, 0.25) is 0 Å². The van der Waals surface area contributed by atoms with E-state index in [4.69, 9.17) is 0 Å². The average molecular weight is 422 g/mol. The highest BCUT2D eigenvalue weighted by Gasteiger charge is 2.28. The number of hydrogen-bond donors (Lipinski definition) is 2. The molecule has 7 nitrogen and oxygen atoms in total. The number of thiazole rings is 1. The summed E-state index contributed by atoms with van der Waals surface area (Å²) in [5, 5.41) is 8.70. The number of amides is 3. The molecule has 1 atom stereocenters. The van der Waals surface area contributed by atoms with Crippen LogP contribution < -0.4 is 10.6 Å². The van der Waals surface area contributed by atoms with E-state index in [1.807, 2.05) is 47.8 Å². The molecule has 1 aliphatic rings. The zero-order valence-corrected chi connectivity index (χ0v) is 17.3. The number of nitrogens with one attached hydrogen (secondary N) is 2. The molecule has 154 valence electrons. The third kappa shape index (κ3) is 5.01. The number of pyridine rings is 1. The smallest absolute Gasteiger partial charge is 0.321 e. The van der Waals surface area contributed by atoms with Crippen LogP contribution in [0.1, 0.15) is 17.8 Å². The largest absolute Gasteiger partial charge is 0.349 e. The molecule has 1 aliphatic heterocycles. The van der Waals surface area contributed by atoms with Crippen molar-refractivity contribution < 1.29 is 9.59 Å². The van der Waals surface area contributed by atoms with Gasteiger partial charge in [-0.1, -0.05) is 18.2 Å². The fourth-order valence-electron chi connectivity index (χ4n) is 3.45. The number of rotatable bonds is 5. The number of hydrogen-bond acceptors (Lipinski definition) is 5. The molecule has 3 amide bonds. The molecule has 0 spiro atoms. The van der Waals surface area contributed by atoms with E-state index >= 15 is 0 Å². The Kier molecular flexibility index (Phi) is 6.34. The Bertz CT molecular complexity index is 993. The molecule has 3 aromatic rings. The number of piperidine rings is 1. The van der Waals surface area contributed by atoms with E-state index in [2.05, 4.69) is 20.6 Å². The second kappa shape index (κ2) is 9.49. The molecule has 3 heterocycles. The molecule has 0 saturated carbocycles. The van der Waals surface area contributed by atoms with Crippen molar-refractivity contribution in [2.45, 2.75) is 19.4 Å². The van der Waals surface area contributed by atoms with Crippen LogP contribution in [0.5, 0.6) is 0 Å². The van der Waals surface area contributed by atoms with Crippen LogP contribution in [-0.2, 0) is 11.3 Å². The Morgan fingerprint density at radius 3 is 2.73 bits per heavy atom. The molecule has 0 bridgehead atoms. The predicted octanol–water partition coefficient (Wildman–Crippen LogP) is 3.77. The molecule has 1 saturated heterocycles. The van der Waals surface area contributed by atoms with Crippen LogP contribution in [0.4, 0.5) is 10.5 Å². The molecule has 1 unspecified atom stereocenters.